The molecule has 21 heavy (non-hydrogen) atoms. The summed E-state index contributed by atoms with van der Waals surface area (Å²) < 4.78 is 5.62. The predicted octanol–water partition coefficient (Wildman–Crippen LogP) is 0.572. The SMILES string of the molecule is S=C(NC[C@@H]1CCCO1)N1CC[NH+](c2ccccc2)CC1. The molecule has 2 heterocycles. The summed E-state index contributed by atoms with van der Waals surface area (Å²) in [6.45, 7) is 5.99. The highest BCUT2D eigenvalue weighted by atomic mass is 32.1. The third-order valence-electron chi connectivity index (χ3n) is 4.34. The Hall–Kier alpha value is -1.17. The van der Waals surface area contributed by atoms with Gasteiger partial charge in [-0.05, 0) is 37.2 Å². The van der Waals surface area contributed by atoms with E-state index in [-0.39, 0.29) is 0 Å². The number of hydrogen-bond donors (Lipinski definition) is 2. The van der Waals surface area contributed by atoms with Gasteiger partial charge < -0.3 is 15.0 Å². The quantitative estimate of drug-likeness (QED) is 0.799. The van der Waals surface area contributed by atoms with E-state index in [1.54, 1.807) is 4.90 Å². The van der Waals surface area contributed by atoms with Gasteiger partial charge in [0.05, 0.1) is 32.3 Å². The number of thiocarbonyl (C=S) groups is 1. The molecule has 2 aliphatic heterocycles. The maximum Gasteiger partial charge on any atom is 0.169 e. The average molecular weight is 306 g/mol. The van der Waals surface area contributed by atoms with Crippen LogP contribution in [0.5, 0.6) is 0 Å². The van der Waals surface area contributed by atoms with E-state index in [2.05, 4.69) is 40.5 Å². The van der Waals surface area contributed by atoms with Crippen molar-refractivity contribution in [3.63, 3.8) is 0 Å². The maximum atomic E-state index is 5.62. The van der Waals surface area contributed by atoms with Crippen LogP contribution >= 0.6 is 12.2 Å². The minimum Gasteiger partial charge on any atom is -0.376 e. The standard InChI is InChI=1S/C16H23N3OS/c21-16(17-13-15-7-4-12-20-15)19-10-8-18(9-11-19)14-5-2-1-3-6-14/h1-3,5-6,15H,4,7-13H2,(H,17,21)/p+1/t15-/m0/s1. The molecule has 0 bridgehead atoms. The molecule has 0 amide bonds. The first-order valence-corrected chi connectivity index (χ1v) is 8.28. The van der Waals surface area contributed by atoms with Crippen molar-refractivity contribution in [1.82, 2.24) is 10.2 Å². The highest BCUT2D eigenvalue weighted by Gasteiger charge is 2.23. The number of nitrogens with zero attached hydrogens (tertiary/aromatic N) is 1. The molecule has 1 atom stereocenters. The molecule has 3 rings (SSSR count). The van der Waals surface area contributed by atoms with E-state index >= 15 is 0 Å². The third kappa shape index (κ3) is 3.93. The van der Waals surface area contributed by atoms with E-state index in [4.69, 9.17) is 17.0 Å². The summed E-state index contributed by atoms with van der Waals surface area (Å²) >= 11 is 5.51. The lowest BCUT2D eigenvalue weighted by Crippen LogP contribution is -3.10. The number of piperazine rings is 1. The van der Waals surface area contributed by atoms with Crippen LogP contribution in [-0.2, 0) is 4.74 Å². The Kier molecular flexibility index (Phi) is 5.06. The highest BCUT2D eigenvalue weighted by Crippen LogP contribution is 2.10. The van der Waals surface area contributed by atoms with E-state index in [9.17, 15) is 0 Å². The van der Waals surface area contributed by atoms with Gasteiger partial charge in [-0.3, -0.25) is 4.90 Å². The monoisotopic (exact) mass is 306 g/mol. The van der Waals surface area contributed by atoms with Crippen LogP contribution in [0.1, 0.15) is 12.8 Å². The minimum absolute atomic E-state index is 0.346. The van der Waals surface area contributed by atoms with Crippen LogP contribution in [-0.4, -0.2) is 55.4 Å². The van der Waals surface area contributed by atoms with Crippen LogP contribution in [0.15, 0.2) is 30.3 Å². The number of nitrogens with one attached hydrogen (secondary N) is 2. The summed E-state index contributed by atoms with van der Waals surface area (Å²) in [5, 5.41) is 4.26. The summed E-state index contributed by atoms with van der Waals surface area (Å²) in [5.41, 5.74) is 1.38. The minimum atomic E-state index is 0.346. The molecule has 2 aliphatic rings. The number of ether oxygens (including phenoxy) is 1. The molecule has 0 radical (unpaired) electrons. The number of benzene rings is 1. The van der Waals surface area contributed by atoms with Gasteiger partial charge in [0.2, 0.25) is 0 Å². The molecule has 2 N–H and O–H groups in total. The van der Waals surface area contributed by atoms with Gasteiger partial charge in [-0.25, -0.2) is 0 Å². The van der Waals surface area contributed by atoms with Crippen molar-refractivity contribution in [2.24, 2.45) is 0 Å². The number of rotatable bonds is 3. The molecule has 114 valence electrons. The second-order valence-electron chi connectivity index (χ2n) is 5.78. The zero-order valence-corrected chi connectivity index (χ0v) is 13.2. The van der Waals surface area contributed by atoms with Gasteiger partial charge in [-0.15, -0.1) is 0 Å². The Morgan fingerprint density at radius 3 is 2.71 bits per heavy atom. The molecular weight excluding hydrogens is 282 g/mol. The Balaban J connectivity index is 1.43. The molecule has 1 aromatic rings. The smallest absolute Gasteiger partial charge is 0.169 e. The van der Waals surface area contributed by atoms with Crippen molar-refractivity contribution >= 4 is 23.0 Å². The largest absolute Gasteiger partial charge is 0.376 e. The van der Waals surface area contributed by atoms with E-state index in [0.29, 0.717) is 6.10 Å². The highest BCUT2D eigenvalue weighted by molar-refractivity contribution is 7.80. The van der Waals surface area contributed by atoms with Gasteiger partial charge >= 0.3 is 0 Å². The van der Waals surface area contributed by atoms with Gasteiger partial charge in [-0.2, -0.15) is 0 Å². The summed E-state index contributed by atoms with van der Waals surface area (Å²) in [6.07, 6.45) is 2.68. The molecule has 0 aliphatic carbocycles. The topological polar surface area (TPSA) is 28.9 Å². The summed E-state index contributed by atoms with van der Waals surface area (Å²) in [6, 6.07) is 10.7. The zero-order valence-electron chi connectivity index (χ0n) is 12.4. The van der Waals surface area contributed by atoms with E-state index < -0.39 is 0 Å². The van der Waals surface area contributed by atoms with Crippen LogP contribution in [0.4, 0.5) is 5.69 Å². The van der Waals surface area contributed by atoms with E-state index in [0.717, 1.165) is 50.9 Å². The van der Waals surface area contributed by atoms with Crippen LogP contribution in [0.25, 0.3) is 0 Å². The second-order valence-corrected chi connectivity index (χ2v) is 6.16. The maximum absolute atomic E-state index is 5.62. The summed E-state index contributed by atoms with van der Waals surface area (Å²) in [7, 11) is 0. The number of hydrogen-bond acceptors (Lipinski definition) is 2. The van der Waals surface area contributed by atoms with Crippen molar-refractivity contribution in [1.29, 1.82) is 0 Å². The lowest BCUT2D eigenvalue weighted by Gasteiger charge is -2.33. The molecule has 2 saturated heterocycles. The first-order chi connectivity index (χ1) is 10.3. The number of quaternary nitrogens is 1. The molecular formula is C16H24N3OS+. The van der Waals surface area contributed by atoms with Crippen LogP contribution in [0, 0.1) is 0 Å². The van der Waals surface area contributed by atoms with Crippen LogP contribution < -0.4 is 10.2 Å². The van der Waals surface area contributed by atoms with Gasteiger partial charge in [-0.1, -0.05) is 18.2 Å². The normalized spacial score (nSPS) is 23.2. The molecule has 0 aromatic heterocycles. The fourth-order valence-corrected chi connectivity index (χ4v) is 3.33. The molecule has 0 unspecified atom stereocenters. The number of para-hydroxylation sites is 1. The van der Waals surface area contributed by atoms with Crippen molar-refractivity contribution in [3.8, 4) is 0 Å². The fraction of sp³-hybridized carbons (Fsp3) is 0.562. The predicted molar refractivity (Wildman–Crippen MR) is 87.9 cm³/mol. The van der Waals surface area contributed by atoms with Gasteiger partial charge in [0.25, 0.3) is 0 Å². The van der Waals surface area contributed by atoms with E-state index in [1.807, 2.05) is 0 Å². The lowest BCUT2D eigenvalue weighted by atomic mass is 10.2. The molecule has 1 aromatic carbocycles. The molecule has 0 saturated carbocycles. The van der Waals surface area contributed by atoms with Crippen LogP contribution in [0.2, 0.25) is 0 Å². The van der Waals surface area contributed by atoms with Gasteiger partial charge in [0.1, 0.15) is 5.69 Å². The molecule has 4 nitrogen and oxygen atoms in total. The molecule has 5 heteroatoms. The van der Waals surface area contributed by atoms with Crippen molar-refractivity contribution in [3.05, 3.63) is 30.3 Å². The summed E-state index contributed by atoms with van der Waals surface area (Å²) in [4.78, 5) is 3.84. The van der Waals surface area contributed by atoms with Gasteiger partial charge in [0.15, 0.2) is 5.11 Å². The average Bonchev–Trinajstić information content (AvgIpc) is 3.07. The molecule has 2 fully saturated rings. The van der Waals surface area contributed by atoms with Crippen LogP contribution in [0.3, 0.4) is 0 Å². The van der Waals surface area contributed by atoms with E-state index in [1.165, 1.54) is 12.1 Å². The Morgan fingerprint density at radius 1 is 1.29 bits per heavy atom. The first-order valence-electron chi connectivity index (χ1n) is 7.87. The first kappa shape index (κ1) is 14.8. The Labute approximate surface area is 132 Å². The van der Waals surface area contributed by atoms with Crippen molar-refractivity contribution in [2.75, 3.05) is 39.3 Å². The Bertz CT molecular complexity index is 454. The summed E-state index contributed by atoms with van der Waals surface area (Å²) in [5.74, 6) is 0. The van der Waals surface area contributed by atoms with Crippen molar-refractivity contribution < 1.29 is 9.64 Å². The zero-order chi connectivity index (χ0) is 14.5. The Morgan fingerprint density at radius 2 is 2.05 bits per heavy atom. The third-order valence-corrected chi connectivity index (χ3v) is 4.74. The second kappa shape index (κ2) is 7.20. The van der Waals surface area contributed by atoms with Gasteiger partial charge in [0, 0.05) is 13.2 Å². The molecule has 0 spiro atoms. The fourth-order valence-electron chi connectivity index (χ4n) is 3.06. The van der Waals surface area contributed by atoms with Crippen molar-refractivity contribution in [2.45, 2.75) is 18.9 Å². The lowest BCUT2D eigenvalue weighted by molar-refractivity contribution is -0.837.